The molecular formula is C52H62N3O2+. The number of nitrogens with one attached hydrogen (secondary N) is 1. The molecule has 0 spiro atoms. The van der Waals surface area contributed by atoms with Crippen LogP contribution >= 0.6 is 0 Å². The van der Waals surface area contributed by atoms with Gasteiger partial charge in [-0.1, -0.05) is 80.1 Å². The first-order chi connectivity index (χ1) is 26.7. The van der Waals surface area contributed by atoms with Gasteiger partial charge in [0.05, 0.1) is 5.41 Å². The highest BCUT2D eigenvalue weighted by Gasteiger charge is 2.27. The van der Waals surface area contributed by atoms with Gasteiger partial charge in [0.1, 0.15) is 13.7 Å². The van der Waals surface area contributed by atoms with Crippen molar-refractivity contribution in [2.75, 3.05) is 37.5 Å². The Morgan fingerprint density at radius 2 is 1.32 bits per heavy atom. The Bertz CT molecular complexity index is 2360. The fourth-order valence-corrected chi connectivity index (χ4v) is 8.18. The van der Waals surface area contributed by atoms with E-state index in [4.69, 9.17) is 4.74 Å². The first-order valence-corrected chi connectivity index (χ1v) is 19.8. The molecule has 0 atom stereocenters. The summed E-state index contributed by atoms with van der Waals surface area (Å²) in [5.41, 5.74) is 17.5. The van der Waals surface area contributed by atoms with E-state index in [9.17, 15) is 4.79 Å². The Balaban J connectivity index is 0.00000620. The second kappa shape index (κ2) is 17.6. The molecule has 5 aromatic carbocycles. The summed E-state index contributed by atoms with van der Waals surface area (Å²) in [6, 6.07) is 30.9. The maximum absolute atomic E-state index is 12.6. The Morgan fingerprint density at radius 3 is 1.89 bits per heavy atom. The molecule has 5 heteroatoms. The van der Waals surface area contributed by atoms with E-state index >= 15 is 0 Å². The van der Waals surface area contributed by atoms with E-state index in [0.29, 0.717) is 13.2 Å². The van der Waals surface area contributed by atoms with Gasteiger partial charge in [0, 0.05) is 59.3 Å². The highest BCUT2D eigenvalue weighted by Crippen LogP contribution is 2.39. The topological polar surface area (TPSA) is 44.6 Å². The summed E-state index contributed by atoms with van der Waals surface area (Å²) < 4.78 is 7.94. The fraction of sp³-hybridized carbons (Fsp3) is 0.308. The van der Waals surface area contributed by atoms with Crippen LogP contribution in [0.3, 0.4) is 0 Å². The average Bonchev–Trinajstić information content (AvgIpc) is 3.16. The van der Waals surface area contributed by atoms with Gasteiger partial charge in [0.25, 0.3) is 0 Å². The van der Waals surface area contributed by atoms with Crippen LogP contribution in [0.5, 0.6) is 0 Å². The van der Waals surface area contributed by atoms with Gasteiger partial charge < -0.3 is 15.0 Å². The van der Waals surface area contributed by atoms with Crippen LogP contribution < -0.4 is 10.2 Å². The second-order valence-corrected chi connectivity index (χ2v) is 16.1. The highest BCUT2D eigenvalue weighted by atomic mass is 16.5. The Hall–Kier alpha value is -5.68. The number of esters is 1. The number of rotatable bonds is 11. The van der Waals surface area contributed by atoms with E-state index in [1.165, 1.54) is 44.8 Å². The van der Waals surface area contributed by atoms with Gasteiger partial charge in [0.2, 0.25) is 11.4 Å². The third kappa shape index (κ3) is 8.99. The lowest BCUT2D eigenvalue weighted by Gasteiger charge is -2.25. The van der Waals surface area contributed by atoms with Crippen molar-refractivity contribution in [2.24, 2.45) is 5.41 Å². The molecule has 0 unspecified atom stereocenters. The van der Waals surface area contributed by atoms with Crippen LogP contribution in [0.2, 0.25) is 0 Å². The summed E-state index contributed by atoms with van der Waals surface area (Å²) in [7, 11) is 4.31. The minimum Gasteiger partial charge on any atom is -0.463 e. The molecule has 296 valence electrons. The monoisotopic (exact) mass is 760 g/mol. The van der Waals surface area contributed by atoms with E-state index in [1.807, 2.05) is 20.8 Å². The van der Waals surface area contributed by atoms with E-state index in [2.05, 4.69) is 180 Å². The Kier molecular flexibility index (Phi) is 13.1. The first-order valence-electron chi connectivity index (χ1n) is 19.8. The lowest BCUT2D eigenvalue weighted by Crippen LogP contribution is -2.27. The molecule has 0 bridgehead atoms. The second-order valence-electron chi connectivity index (χ2n) is 16.1. The van der Waals surface area contributed by atoms with Crippen LogP contribution in [0.25, 0.3) is 16.3 Å². The fourth-order valence-electron chi connectivity index (χ4n) is 8.18. The van der Waals surface area contributed by atoms with E-state index in [0.717, 1.165) is 56.6 Å². The number of benzene rings is 5. The van der Waals surface area contributed by atoms with E-state index in [-0.39, 0.29) is 13.4 Å². The van der Waals surface area contributed by atoms with Crippen LogP contribution in [0.4, 0.5) is 22.7 Å². The predicted molar refractivity (Wildman–Crippen MR) is 245 cm³/mol. The zero-order valence-electron chi connectivity index (χ0n) is 35.2. The van der Waals surface area contributed by atoms with Gasteiger partial charge in [-0.3, -0.25) is 4.79 Å². The number of fused-ring (bicyclic) bond motifs is 1. The van der Waals surface area contributed by atoms with Gasteiger partial charge in [-0.15, -0.1) is 0 Å². The summed E-state index contributed by atoms with van der Waals surface area (Å²) in [4.78, 5) is 14.9. The molecule has 1 aliphatic carbocycles. The molecule has 0 radical (unpaired) electrons. The molecule has 0 aromatic heterocycles. The summed E-state index contributed by atoms with van der Waals surface area (Å²) in [6.07, 6.45) is 9.72. The number of anilines is 3. The Morgan fingerprint density at radius 1 is 0.754 bits per heavy atom. The molecule has 5 nitrogen and oxygen atoms in total. The van der Waals surface area contributed by atoms with Crippen molar-refractivity contribution in [3.05, 3.63) is 159 Å². The number of allylic oxidation sites excluding steroid dienone is 5. The SMILES string of the molecule is C.CCC(C)(C)C(=O)OCCNc1ccc(C(=C2C=CC(=[N+](C)c3c(C)cc(C)cc3C)C=C2)c2ccc(N(C)c3c(C)cc(C)cc3C)cc2)c2ccccc12. The number of nitrogens with zero attached hydrogens (tertiary/aromatic N) is 2. The summed E-state index contributed by atoms with van der Waals surface area (Å²) >= 11 is 0. The first kappa shape index (κ1) is 42.5. The molecule has 1 N–H and O–H groups in total. The molecule has 57 heavy (non-hydrogen) atoms. The smallest absolute Gasteiger partial charge is 0.311 e. The number of hydrogen-bond donors (Lipinski definition) is 1. The van der Waals surface area contributed by atoms with Crippen molar-refractivity contribution in [3.8, 4) is 0 Å². The highest BCUT2D eigenvalue weighted by molar-refractivity contribution is 6.08. The van der Waals surface area contributed by atoms with Crippen molar-refractivity contribution in [2.45, 2.75) is 76.2 Å². The van der Waals surface area contributed by atoms with Crippen molar-refractivity contribution < 1.29 is 14.1 Å². The molecule has 0 saturated heterocycles. The van der Waals surface area contributed by atoms with Crippen molar-refractivity contribution in [1.29, 1.82) is 0 Å². The molecule has 5 aromatic rings. The van der Waals surface area contributed by atoms with Crippen molar-refractivity contribution in [3.63, 3.8) is 0 Å². The van der Waals surface area contributed by atoms with Crippen molar-refractivity contribution >= 4 is 50.8 Å². The zero-order valence-corrected chi connectivity index (χ0v) is 35.2. The minimum atomic E-state index is -0.487. The molecule has 6 rings (SSSR count). The number of carbonyl (C=O) groups excluding carboxylic acids is 1. The largest absolute Gasteiger partial charge is 0.463 e. The lowest BCUT2D eigenvalue weighted by molar-refractivity contribution is -0.404. The van der Waals surface area contributed by atoms with Gasteiger partial charge in [0.15, 0.2) is 0 Å². The minimum absolute atomic E-state index is 0. The molecule has 0 fully saturated rings. The zero-order chi connectivity index (χ0) is 40.3. The predicted octanol–water partition coefficient (Wildman–Crippen LogP) is 12.8. The van der Waals surface area contributed by atoms with Crippen molar-refractivity contribution in [1.82, 2.24) is 0 Å². The summed E-state index contributed by atoms with van der Waals surface area (Å²) in [5.74, 6) is -0.163. The van der Waals surface area contributed by atoms with Crippen LogP contribution in [0.1, 0.15) is 79.1 Å². The van der Waals surface area contributed by atoms with Crippen LogP contribution in [-0.2, 0) is 9.53 Å². The number of carbonyl (C=O) groups is 1. The van der Waals surface area contributed by atoms with Crippen LogP contribution in [-0.4, -0.2) is 43.5 Å². The molecular weight excluding hydrogens is 699 g/mol. The third-order valence-corrected chi connectivity index (χ3v) is 11.3. The molecule has 0 saturated carbocycles. The number of aryl methyl sites for hydroxylation is 6. The van der Waals surface area contributed by atoms with Crippen LogP contribution in [0.15, 0.2) is 115 Å². The molecule has 0 aliphatic heterocycles. The third-order valence-electron chi connectivity index (χ3n) is 11.3. The van der Waals surface area contributed by atoms with Gasteiger partial charge in [-0.05, 0) is 143 Å². The van der Waals surface area contributed by atoms with Crippen LogP contribution in [0, 0.1) is 47.0 Å². The normalized spacial score (nSPS) is 12.4. The quantitative estimate of drug-likeness (QED) is 0.0827. The maximum atomic E-state index is 12.6. The maximum Gasteiger partial charge on any atom is 0.311 e. The van der Waals surface area contributed by atoms with E-state index in [1.54, 1.807) is 0 Å². The lowest BCUT2D eigenvalue weighted by atomic mass is 9.87. The number of ether oxygens (including phenoxy) is 1. The summed E-state index contributed by atoms with van der Waals surface area (Å²) in [6.45, 7) is 19.8. The average molecular weight is 761 g/mol. The molecule has 1 aliphatic rings. The van der Waals surface area contributed by atoms with Gasteiger partial charge in [-0.2, -0.15) is 4.58 Å². The van der Waals surface area contributed by atoms with E-state index < -0.39 is 5.41 Å². The Labute approximate surface area is 342 Å². The van der Waals surface area contributed by atoms with Gasteiger partial charge >= 0.3 is 5.97 Å². The molecule has 0 heterocycles. The number of hydrogen-bond acceptors (Lipinski definition) is 4. The molecule has 0 amide bonds. The van der Waals surface area contributed by atoms with Gasteiger partial charge in [-0.25, -0.2) is 0 Å². The summed E-state index contributed by atoms with van der Waals surface area (Å²) in [5, 5.41) is 5.82. The standard InChI is InChI=1S/C51H57N3O2.CH4/c1-12-51(8,9)50(55)56-28-27-52-46-26-25-45(43-15-13-14-16-44(43)46)47(39-17-21-41(22-18-39)53(10)48-35(4)29-33(2)30-36(48)5)40-19-23-42(24-20-40)54(11)49-37(6)31-34(3)32-38(49)7;/h13-26,29-32H,12,27-28H2,1-11H3;1H4/p+1.